The number of aliphatic hydroxyl groups excluding tert-OH is 1. The number of hydrogen-bond donors (Lipinski definition) is 2. The molecule has 0 saturated heterocycles. The first-order valence-electron chi connectivity index (χ1n) is 9.04. The fourth-order valence-electron chi connectivity index (χ4n) is 2.48. The van der Waals surface area contributed by atoms with Crippen LogP contribution in [0.3, 0.4) is 0 Å². The number of hydrogen-bond acceptors (Lipinski definition) is 6. The standard InChI is InChI=1S/C21H27N3O4/c1-15(2)28-19-10-7-17(13-20(19)27-4)21(26)23-22-14-16-5-8-18(9-6-16)24(3)11-12-25/h5-10,13-15,25H,11-12H2,1-4H3,(H,23,26). The molecule has 28 heavy (non-hydrogen) atoms. The van der Waals surface area contributed by atoms with E-state index >= 15 is 0 Å². The van der Waals surface area contributed by atoms with Gasteiger partial charge in [-0.15, -0.1) is 0 Å². The monoisotopic (exact) mass is 385 g/mol. The second-order valence-electron chi connectivity index (χ2n) is 6.47. The van der Waals surface area contributed by atoms with Crippen molar-refractivity contribution in [3.63, 3.8) is 0 Å². The fraction of sp³-hybridized carbons (Fsp3) is 0.333. The molecule has 0 aromatic heterocycles. The third-order valence-electron chi connectivity index (χ3n) is 3.94. The Balaban J connectivity index is 1.99. The van der Waals surface area contributed by atoms with Crippen molar-refractivity contribution < 1.29 is 19.4 Å². The smallest absolute Gasteiger partial charge is 0.271 e. The van der Waals surface area contributed by atoms with Gasteiger partial charge in [0, 0.05) is 24.8 Å². The molecule has 2 aromatic carbocycles. The molecule has 0 aliphatic heterocycles. The highest BCUT2D eigenvalue weighted by Gasteiger charge is 2.11. The molecule has 150 valence electrons. The van der Waals surface area contributed by atoms with Crippen LogP contribution in [-0.4, -0.2) is 50.6 Å². The van der Waals surface area contributed by atoms with Gasteiger partial charge in [-0.05, 0) is 49.7 Å². The molecule has 0 fully saturated rings. The van der Waals surface area contributed by atoms with Gasteiger partial charge < -0.3 is 19.5 Å². The topological polar surface area (TPSA) is 83.4 Å². The van der Waals surface area contributed by atoms with E-state index in [1.54, 1.807) is 24.4 Å². The minimum atomic E-state index is -0.343. The molecule has 7 nitrogen and oxygen atoms in total. The highest BCUT2D eigenvalue weighted by Crippen LogP contribution is 2.28. The van der Waals surface area contributed by atoms with Crippen LogP contribution in [0.25, 0.3) is 0 Å². The number of nitrogens with one attached hydrogen (secondary N) is 1. The van der Waals surface area contributed by atoms with E-state index in [1.807, 2.05) is 50.1 Å². The van der Waals surface area contributed by atoms with E-state index in [2.05, 4.69) is 10.5 Å². The van der Waals surface area contributed by atoms with Gasteiger partial charge in [0.2, 0.25) is 0 Å². The lowest BCUT2D eigenvalue weighted by atomic mass is 10.2. The highest BCUT2D eigenvalue weighted by molar-refractivity contribution is 5.95. The van der Waals surface area contributed by atoms with Crippen molar-refractivity contribution in [3.8, 4) is 11.5 Å². The summed E-state index contributed by atoms with van der Waals surface area (Å²) in [4.78, 5) is 14.2. The van der Waals surface area contributed by atoms with E-state index in [4.69, 9.17) is 14.6 Å². The summed E-state index contributed by atoms with van der Waals surface area (Å²) in [5.41, 5.74) is 4.77. The molecule has 0 unspecified atom stereocenters. The summed E-state index contributed by atoms with van der Waals surface area (Å²) in [5.74, 6) is 0.738. The normalized spacial score (nSPS) is 10.9. The number of methoxy groups -OCH3 is 1. The molecule has 2 aromatic rings. The summed E-state index contributed by atoms with van der Waals surface area (Å²) in [7, 11) is 3.44. The zero-order chi connectivity index (χ0) is 20.5. The summed E-state index contributed by atoms with van der Waals surface area (Å²) in [5, 5.41) is 13.0. The molecule has 0 heterocycles. The molecule has 0 atom stereocenters. The van der Waals surface area contributed by atoms with Crippen LogP contribution in [0.15, 0.2) is 47.6 Å². The van der Waals surface area contributed by atoms with E-state index in [0.29, 0.717) is 23.6 Å². The summed E-state index contributed by atoms with van der Waals surface area (Å²) in [6, 6.07) is 12.6. The highest BCUT2D eigenvalue weighted by atomic mass is 16.5. The Morgan fingerprint density at radius 3 is 2.54 bits per heavy atom. The summed E-state index contributed by atoms with van der Waals surface area (Å²) in [6.07, 6.45) is 1.58. The number of carbonyl (C=O) groups excluding carboxylic acids is 1. The predicted octanol–water partition coefficient (Wildman–Crippen LogP) is 2.67. The van der Waals surface area contributed by atoms with Gasteiger partial charge in [0.25, 0.3) is 5.91 Å². The number of rotatable bonds is 9. The zero-order valence-corrected chi connectivity index (χ0v) is 16.7. The second-order valence-corrected chi connectivity index (χ2v) is 6.47. The number of ether oxygens (including phenoxy) is 2. The second kappa shape index (κ2) is 10.3. The maximum atomic E-state index is 12.3. The lowest BCUT2D eigenvalue weighted by Gasteiger charge is -2.17. The molecule has 0 aliphatic rings. The Labute approximate surface area is 165 Å². The number of carbonyl (C=O) groups is 1. The van der Waals surface area contributed by atoms with Crippen LogP contribution in [0.1, 0.15) is 29.8 Å². The van der Waals surface area contributed by atoms with E-state index < -0.39 is 0 Å². The number of anilines is 1. The number of aliphatic hydroxyl groups is 1. The zero-order valence-electron chi connectivity index (χ0n) is 16.7. The number of hydrazone groups is 1. The molecule has 0 spiro atoms. The number of likely N-dealkylation sites (N-methyl/N-ethyl adjacent to an activating group) is 1. The van der Waals surface area contributed by atoms with E-state index in [9.17, 15) is 4.79 Å². The first kappa shape index (κ1) is 21.2. The van der Waals surface area contributed by atoms with Gasteiger partial charge in [0.15, 0.2) is 11.5 Å². The summed E-state index contributed by atoms with van der Waals surface area (Å²) in [6.45, 7) is 4.51. The molecule has 0 bridgehead atoms. The quantitative estimate of drug-likeness (QED) is 0.512. The molecule has 0 aliphatic carbocycles. The fourth-order valence-corrected chi connectivity index (χ4v) is 2.48. The average Bonchev–Trinajstić information content (AvgIpc) is 2.68. The Bertz CT molecular complexity index is 804. The largest absolute Gasteiger partial charge is 0.493 e. The van der Waals surface area contributed by atoms with Gasteiger partial charge in [-0.1, -0.05) is 12.1 Å². The molecule has 2 rings (SSSR count). The molecule has 0 radical (unpaired) electrons. The first-order chi connectivity index (χ1) is 13.4. The molecule has 7 heteroatoms. The summed E-state index contributed by atoms with van der Waals surface area (Å²) < 4.78 is 10.9. The van der Waals surface area contributed by atoms with Crippen LogP contribution in [0.5, 0.6) is 11.5 Å². The van der Waals surface area contributed by atoms with Crippen LogP contribution in [0.4, 0.5) is 5.69 Å². The van der Waals surface area contributed by atoms with Crippen molar-refractivity contribution in [3.05, 3.63) is 53.6 Å². The minimum absolute atomic E-state index is 0.00740. The van der Waals surface area contributed by atoms with Crippen molar-refractivity contribution in [2.24, 2.45) is 5.10 Å². The third-order valence-corrected chi connectivity index (χ3v) is 3.94. The van der Waals surface area contributed by atoms with E-state index in [-0.39, 0.29) is 18.6 Å². The Morgan fingerprint density at radius 1 is 1.21 bits per heavy atom. The average molecular weight is 385 g/mol. The van der Waals surface area contributed by atoms with Crippen molar-refractivity contribution in [1.29, 1.82) is 0 Å². The lowest BCUT2D eigenvalue weighted by molar-refractivity contribution is 0.0954. The number of amides is 1. The Kier molecular flexibility index (Phi) is 7.83. The molecular weight excluding hydrogens is 358 g/mol. The van der Waals surface area contributed by atoms with Crippen LogP contribution >= 0.6 is 0 Å². The van der Waals surface area contributed by atoms with E-state index in [1.165, 1.54) is 7.11 Å². The molecule has 1 amide bonds. The molecule has 0 saturated carbocycles. The van der Waals surface area contributed by atoms with Crippen molar-refractivity contribution in [2.45, 2.75) is 20.0 Å². The van der Waals surface area contributed by atoms with Gasteiger partial charge in [0.1, 0.15) is 0 Å². The Hall–Kier alpha value is -3.06. The van der Waals surface area contributed by atoms with Crippen LogP contribution in [0, 0.1) is 0 Å². The van der Waals surface area contributed by atoms with Crippen molar-refractivity contribution >= 4 is 17.8 Å². The van der Waals surface area contributed by atoms with E-state index in [0.717, 1.165) is 11.3 Å². The molecule has 2 N–H and O–H groups in total. The van der Waals surface area contributed by atoms with Gasteiger partial charge in [-0.2, -0.15) is 5.10 Å². The van der Waals surface area contributed by atoms with Crippen LogP contribution < -0.4 is 19.8 Å². The first-order valence-corrected chi connectivity index (χ1v) is 9.04. The SMILES string of the molecule is COc1cc(C(=O)NN=Cc2ccc(N(C)CCO)cc2)ccc1OC(C)C. The maximum absolute atomic E-state index is 12.3. The van der Waals surface area contributed by atoms with Crippen LogP contribution in [0.2, 0.25) is 0 Å². The Morgan fingerprint density at radius 2 is 1.93 bits per heavy atom. The molecular formula is C21H27N3O4. The van der Waals surface area contributed by atoms with Gasteiger partial charge >= 0.3 is 0 Å². The summed E-state index contributed by atoms with van der Waals surface area (Å²) >= 11 is 0. The predicted molar refractivity (Wildman–Crippen MR) is 111 cm³/mol. The van der Waals surface area contributed by atoms with Gasteiger partial charge in [0.05, 0.1) is 26.0 Å². The van der Waals surface area contributed by atoms with Crippen molar-refractivity contribution in [2.75, 3.05) is 32.2 Å². The van der Waals surface area contributed by atoms with Crippen molar-refractivity contribution in [1.82, 2.24) is 5.43 Å². The van der Waals surface area contributed by atoms with Gasteiger partial charge in [-0.3, -0.25) is 4.79 Å². The maximum Gasteiger partial charge on any atom is 0.271 e. The van der Waals surface area contributed by atoms with Crippen LogP contribution in [-0.2, 0) is 0 Å². The third kappa shape index (κ3) is 5.99. The number of nitrogens with zero attached hydrogens (tertiary/aromatic N) is 2. The van der Waals surface area contributed by atoms with Gasteiger partial charge in [-0.25, -0.2) is 5.43 Å². The minimum Gasteiger partial charge on any atom is -0.493 e. The number of benzene rings is 2. The lowest BCUT2D eigenvalue weighted by Crippen LogP contribution is -2.20.